The van der Waals surface area contributed by atoms with Crippen molar-refractivity contribution in [2.24, 2.45) is 0 Å². The molecule has 7 heteroatoms. The Labute approximate surface area is 184 Å². The summed E-state index contributed by atoms with van der Waals surface area (Å²) in [6, 6.07) is 0.708. The molecule has 1 saturated heterocycles. The summed E-state index contributed by atoms with van der Waals surface area (Å²) in [6.07, 6.45) is 10.3. The van der Waals surface area contributed by atoms with E-state index in [4.69, 9.17) is 14.6 Å². The molecule has 6 nitrogen and oxygen atoms in total. The number of ether oxygens (including phenoxy) is 2. The lowest BCUT2D eigenvalue weighted by molar-refractivity contribution is -0.00126. The monoisotopic (exact) mass is 435 g/mol. The summed E-state index contributed by atoms with van der Waals surface area (Å²) in [4.78, 5) is 14.2. The molecule has 2 aliphatic carbocycles. The Balaban J connectivity index is 0.000000473. The Morgan fingerprint density at radius 2 is 1.83 bits per heavy atom. The second kappa shape index (κ2) is 11.9. The van der Waals surface area contributed by atoms with Gasteiger partial charge in [-0.25, -0.2) is 9.97 Å². The highest BCUT2D eigenvalue weighted by molar-refractivity contribution is 7.18. The summed E-state index contributed by atoms with van der Waals surface area (Å²) in [5.74, 6) is 0.833. The van der Waals surface area contributed by atoms with Crippen molar-refractivity contribution in [1.82, 2.24) is 14.9 Å². The normalized spacial score (nSPS) is 23.7. The fourth-order valence-electron chi connectivity index (χ4n) is 4.62. The van der Waals surface area contributed by atoms with Gasteiger partial charge in [0.25, 0.3) is 0 Å². The van der Waals surface area contributed by atoms with Crippen LogP contribution in [0.3, 0.4) is 0 Å². The first-order valence-electron chi connectivity index (χ1n) is 11.6. The van der Waals surface area contributed by atoms with E-state index in [2.05, 4.69) is 14.9 Å². The van der Waals surface area contributed by atoms with Gasteiger partial charge < -0.3 is 14.6 Å². The molecular weight excluding hydrogens is 398 g/mol. The highest BCUT2D eigenvalue weighted by atomic mass is 32.1. The topological polar surface area (TPSA) is 67.7 Å². The summed E-state index contributed by atoms with van der Waals surface area (Å²) in [6.45, 7) is 9.88. The molecule has 0 bridgehead atoms. The minimum Gasteiger partial charge on any atom is -0.474 e. The zero-order valence-corrected chi connectivity index (χ0v) is 19.5. The molecule has 30 heavy (non-hydrogen) atoms. The molecule has 2 aromatic heterocycles. The van der Waals surface area contributed by atoms with E-state index in [-0.39, 0.29) is 6.61 Å². The van der Waals surface area contributed by atoms with Crippen LogP contribution < -0.4 is 4.74 Å². The number of hydrogen-bond donors (Lipinski definition) is 1. The van der Waals surface area contributed by atoms with Gasteiger partial charge in [0.15, 0.2) is 0 Å². The van der Waals surface area contributed by atoms with Crippen LogP contribution >= 0.6 is 11.3 Å². The van der Waals surface area contributed by atoms with Crippen LogP contribution in [0.5, 0.6) is 5.88 Å². The third kappa shape index (κ3) is 5.49. The number of aliphatic hydroxyl groups excluding tert-OH is 1. The average molecular weight is 436 g/mol. The van der Waals surface area contributed by atoms with Gasteiger partial charge in [0.2, 0.25) is 5.88 Å². The van der Waals surface area contributed by atoms with Crippen LogP contribution in [0.15, 0.2) is 6.33 Å². The van der Waals surface area contributed by atoms with Gasteiger partial charge in [0, 0.05) is 30.6 Å². The number of nitrogens with zero attached hydrogens (tertiary/aromatic N) is 3. The Hall–Kier alpha value is -1.28. The lowest BCUT2D eigenvalue weighted by atomic mass is 9.91. The molecule has 2 aromatic rings. The predicted molar refractivity (Wildman–Crippen MR) is 123 cm³/mol. The van der Waals surface area contributed by atoms with Crippen LogP contribution in [0.1, 0.15) is 63.3 Å². The van der Waals surface area contributed by atoms with Crippen LogP contribution in [-0.4, -0.2) is 65.0 Å². The molecule has 0 unspecified atom stereocenters. The van der Waals surface area contributed by atoms with E-state index in [1.54, 1.807) is 13.3 Å². The minimum absolute atomic E-state index is 0.250. The largest absolute Gasteiger partial charge is 0.474 e. The Kier molecular flexibility index (Phi) is 9.30. The number of thiophene rings is 1. The number of rotatable bonds is 3. The SMILES string of the molecule is CC.CCO.c1nc(OC2CCC(N3CCOCC3)CC2)c2c3c(sc2n1)CCC3. The molecule has 2 fully saturated rings. The number of aliphatic hydroxyl groups is 1. The van der Waals surface area contributed by atoms with Crippen molar-refractivity contribution in [3.63, 3.8) is 0 Å². The molecule has 0 aromatic carbocycles. The van der Waals surface area contributed by atoms with Crippen molar-refractivity contribution in [3.8, 4) is 5.88 Å². The summed E-state index contributed by atoms with van der Waals surface area (Å²) >= 11 is 1.83. The third-order valence-electron chi connectivity index (χ3n) is 5.95. The highest BCUT2D eigenvalue weighted by Crippen LogP contribution is 2.40. The quantitative estimate of drug-likeness (QED) is 0.778. The zero-order valence-electron chi connectivity index (χ0n) is 18.7. The van der Waals surface area contributed by atoms with Crippen molar-refractivity contribution < 1.29 is 14.6 Å². The zero-order chi connectivity index (χ0) is 21.3. The van der Waals surface area contributed by atoms with Gasteiger partial charge in [-0.2, -0.15) is 0 Å². The van der Waals surface area contributed by atoms with Gasteiger partial charge in [-0.15, -0.1) is 11.3 Å². The summed E-state index contributed by atoms with van der Waals surface area (Å²) in [7, 11) is 0. The highest BCUT2D eigenvalue weighted by Gasteiger charge is 2.29. The summed E-state index contributed by atoms with van der Waals surface area (Å²) in [5, 5.41) is 8.77. The van der Waals surface area contributed by atoms with Crippen LogP contribution in [0.2, 0.25) is 0 Å². The van der Waals surface area contributed by atoms with Gasteiger partial charge in [-0.3, -0.25) is 4.90 Å². The fourth-order valence-corrected chi connectivity index (χ4v) is 5.84. The van der Waals surface area contributed by atoms with Crippen molar-refractivity contribution >= 4 is 21.6 Å². The molecule has 5 rings (SSSR count). The van der Waals surface area contributed by atoms with Gasteiger partial charge in [-0.05, 0) is 57.4 Å². The second-order valence-corrected chi connectivity index (χ2v) is 8.81. The number of hydrogen-bond acceptors (Lipinski definition) is 7. The first kappa shape index (κ1) is 23.4. The van der Waals surface area contributed by atoms with Crippen molar-refractivity contribution in [2.45, 2.75) is 77.9 Å². The van der Waals surface area contributed by atoms with Crippen LogP contribution in [0.4, 0.5) is 0 Å². The van der Waals surface area contributed by atoms with Crippen molar-refractivity contribution in [2.75, 3.05) is 32.9 Å². The van der Waals surface area contributed by atoms with E-state index in [0.29, 0.717) is 12.1 Å². The molecule has 1 aliphatic heterocycles. The third-order valence-corrected chi connectivity index (χ3v) is 7.15. The van der Waals surface area contributed by atoms with Gasteiger partial charge in [0.05, 0.1) is 18.6 Å². The van der Waals surface area contributed by atoms with Gasteiger partial charge in [0.1, 0.15) is 17.3 Å². The van der Waals surface area contributed by atoms with Crippen molar-refractivity contribution in [3.05, 3.63) is 16.8 Å². The molecule has 0 atom stereocenters. The maximum Gasteiger partial charge on any atom is 0.225 e. The Bertz CT molecular complexity index is 768. The average Bonchev–Trinajstić information content (AvgIpc) is 3.38. The van der Waals surface area contributed by atoms with E-state index in [1.165, 1.54) is 41.5 Å². The standard InChI is InChI=1S/C19H25N3O2S.C2H6O.C2H6/c1-2-15-16(3-1)25-19-17(15)18(20-12-21-19)24-14-6-4-13(5-7-14)22-8-10-23-11-9-22;1-2-3;1-2/h12-14H,1-11H2;3H,2H2,1H3;1-2H3. The maximum absolute atomic E-state index is 7.57. The smallest absolute Gasteiger partial charge is 0.225 e. The Morgan fingerprint density at radius 1 is 1.13 bits per heavy atom. The molecule has 0 radical (unpaired) electrons. The van der Waals surface area contributed by atoms with E-state index in [1.807, 2.05) is 25.2 Å². The number of morpholine rings is 1. The summed E-state index contributed by atoms with van der Waals surface area (Å²) in [5.41, 5.74) is 1.46. The van der Waals surface area contributed by atoms with Crippen LogP contribution in [0, 0.1) is 0 Å². The first-order valence-corrected chi connectivity index (χ1v) is 12.5. The molecule has 3 heterocycles. The Morgan fingerprint density at radius 3 is 2.53 bits per heavy atom. The molecule has 3 aliphatic rings. The maximum atomic E-state index is 7.57. The van der Waals surface area contributed by atoms with E-state index >= 15 is 0 Å². The molecule has 1 N–H and O–H groups in total. The first-order chi connectivity index (χ1) is 14.8. The van der Waals surface area contributed by atoms with Crippen LogP contribution in [0.25, 0.3) is 10.2 Å². The van der Waals surface area contributed by atoms with Gasteiger partial charge >= 0.3 is 0 Å². The molecule has 0 spiro atoms. The van der Waals surface area contributed by atoms with Crippen molar-refractivity contribution in [1.29, 1.82) is 0 Å². The molecular formula is C23H37N3O3S. The number of aromatic nitrogens is 2. The minimum atomic E-state index is 0.250. The number of aryl methyl sites for hydroxylation is 2. The lowest BCUT2D eigenvalue weighted by Crippen LogP contribution is -2.46. The van der Waals surface area contributed by atoms with E-state index in [9.17, 15) is 0 Å². The second-order valence-electron chi connectivity index (χ2n) is 7.73. The lowest BCUT2D eigenvalue weighted by Gasteiger charge is -2.38. The number of fused-ring (bicyclic) bond motifs is 3. The van der Waals surface area contributed by atoms with Gasteiger partial charge in [-0.1, -0.05) is 13.8 Å². The molecule has 1 saturated carbocycles. The van der Waals surface area contributed by atoms with Crippen LogP contribution in [-0.2, 0) is 17.6 Å². The van der Waals surface area contributed by atoms with E-state index < -0.39 is 0 Å². The molecule has 0 amide bonds. The fraction of sp³-hybridized carbons (Fsp3) is 0.739. The molecule has 168 valence electrons. The predicted octanol–water partition coefficient (Wildman–Crippen LogP) is 4.23. The van der Waals surface area contributed by atoms with E-state index in [0.717, 1.165) is 56.3 Å². The summed E-state index contributed by atoms with van der Waals surface area (Å²) < 4.78 is 11.9.